The first kappa shape index (κ1) is 20.8. The van der Waals surface area contributed by atoms with Crippen LogP contribution in [0.5, 0.6) is 0 Å². The number of amides is 1. The van der Waals surface area contributed by atoms with Crippen LogP contribution in [0.2, 0.25) is 0 Å². The number of benzene rings is 2. The second-order valence-electron chi connectivity index (χ2n) is 8.34. The largest absolute Gasteiger partial charge is 0.354 e. The van der Waals surface area contributed by atoms with Crippen LogP contribution < -0.4 is 5.32 Å². The van der Waals surface area contributed by atoms with E-state index >= 15 is 0 Å². The molecule has 31 heavy (non-hydrogen) atoms. The van der Waals surface area contributed by atoms with Crippen LogP contribution in [-0.2, 0) is 17.9 Å². The second-order valence-corrected chi connectivity index (χ2v) is 8.34. The monoisotopic (exact) mass is 415 g/mol. The van der Waals surface area contributed by atoms with Gasteiger partial charge in [-0.1, -0.05) is 48.9 Å². The fraction of sp³-hybridized carbons (Fsp3) is 0.320. The van der Waals surface area contributed by atoms with Crippen molar-refractivity contribution in [1.29, 1.82) is 0 Å². The van der Waals surface area contributed by atoms with Gasteiger partial charge in [-0.3, -0.25) is 4.79 Å². The number of rotatable bonds is 6. The highest BCUT2D eigenvalue weighted by Gasteiger charge is 2.17. The molecule has 160 valence electrons. The van der Waals surface area contributed by atoms with Crippen molar-refractivity contribution in [3.05, 3.63) is 70.8 Å². The molecule has 1 unspecified atom stereocenters. The highest BCUT2D eigenvalue weighted by Crippen LogP contribution is 2.32. The number of aryl methyl sites for hydroxylation is 4. The minimum atomic E-state index is -0.203. The first-order chi connectivity index (χ1) is 14.8. The molecule has 6 nitrogen and oxygen atoms in total. The number of aromatic amines is 1. The van der Waals surface area contributed by atoms with Crippen molar-refractivity contribution in [3.8, 4) is 11.3 Å². The summed E-state index contributed by atoms with van der Waals surface area (Å²) in [6, 6.07) is 14.7. The third-order valence-corrected chi connectivity index (χ3v) is 5.77. The molecular weight excluding hydrogens is 386 g/mol. The summed E-state index contributed by atoms with van der Waals surface area (Å²) < 4.78 is 1.80. The van der Waals surface area contributed by atoms with Crippen LogP contribution in [0.15, 0.2) is 42.5 Å². The molecule has 2 N–H and O–H groups in total. The Morgan fingerprint density at radius 1 is 1.13 bits per heavy atom. The van der Waals surface area contributed by atoms with E-state index in [4.69, 9.17) is 0 Å². The van der Waals surface area contributed by atoms with E-state index in [0.29, 0.717) is 13.1 Å². The van der Waals surface area contributed by atoms with E-state index in [1.54, 1.807) is 4.68 Å². The molecule has 0 saturated carbocycles. The second kappa shape index (κ2) is 8.38. The van der Waals surface area contributed by atoms with Crippen LogP contribution in [0, 0.1) is 33.6 Å². The molecule has 2 heterocycles. The molecule has 6 heteroatoms. The molecule has 0 radical (unpaired) electrons. The first-order valence-electron chi connectivity index (χ1n) is 10.7. The van der Waals surface area contributed by atoms with Crippen LogP contribution in [0.4, 0.5) is 0 Å². The summed E-state index contributed by atoms with van der Waals surface area (Å²) in [5.74, 6) is 1.36. The Kier molecular flexibility index (Phi) is 5.63. The molecule has 0 aliphatic heterocycles. The van der Waals surface area contributed by atoms with Gasteiger partial charge in [0.15, 0.2) is 0 Å². The highest BCUT2D eigenvalue weighted by atomic mass is 16.1. The maximum absolute atomic E-state index is 12.8. The zero-order valence-electron chi connectivity index (χ0n) is 18.8. The summed E-state index contributed by atoms with van der Waals surface area (Å²) >= 11 is 0. The molecule has 0 saturated heterocycles. The molecule has 2 aromatic carbocycles. The quantitative estimate of drug-likeness (QED) is 0.483. The number of nitrogens with one attached hydrogen (secondary N) is 2. The molecule has 2 aromatic heterocycles. The predicted molar refractivity (Wildman–Crippen MR) is 124 cm³/mol. The average Bonchev–Trinajstić information content (AvgIpc) is 3.24. The zero-order valence-corrected chi connectivity index (χ0v) is 18.8. The van der Waals surface area contributed by atoms with Crippen molar-refractivity contribution >= 4 is 16.8 Å². The van der Waals surface area contributed by atoms with Crippen molar-refractivity contribution in [3.63, 3.8) is 0 Å². The van der Waals surface area contributed by atoms with E-state index in [0.717, 1.165) is 34.0 Å². The number of H-pyrrole nitrogens is 1. The van der Waals surface area contributed by atoms with E-state index in [9.17, 15) is 4.79 Å². The Morgan fingerprint density at radius 3 is 2.55 bits per heavy atom. The Bertz CT molecular complexity index is 1240. The van der Waals surface area contributed by atoms with Gasteiger partial charge in [0.25, 0.3) is 0 Å². The molecule has 0 bridgehead atoms. The van der Waals surface area contributed by atoms with Crippen molar-refractivity contribution in [2.45, 2.75) is 47.7 Å². The minimum absolute atomic E-state index is 0.00812. The third kappa shape index (κ3) is 4.24. The summed E-state index contributed by atoms with van der Waals surface area (Å²) in [4.78, 5) is 20.7. The van der Waals surface area contributed by atoms with Crippen LogP contribution in [-0.4, -0.2) is 25.7 Å². The maximum atomic E-state index is 12.8. The smallest absolute Gasteiger partial charge is 0.224 e. The molecular formula is C25H29N5O. The van der Waals surface area contributed by atoms with Crippen LogP contribution in [0.25, 0.3) is 22.2 Å². The van der Waals surface area contributed by atoms with E-state index < -0.39 is 0 Å². The Hall–Kier alpha value is -3.41. The topological polar surface area (TPSA) is 75.6 Å². The summed E-state index contributed by atoms with van der Waals surface area (Å²) in [5.41, 5.74) is 6.87. The SMILES string of the molecule is Cc1cc(CNC(=O)C(C)Cn2nc(C)nc2C)c2[nH]c(-c3ccccc3)c(C)c2c1. The van der Waals surface area contributed by atoms with Crippen molar-refractivity contribution < 1.29 is 4.79 Å². The van der Waals surface area contributed by atoms with Gasteiger partial charge in [-0.2, -0.15) is 5.10 Å². The van der Waals surface area contributed by atoms with Crippen molar-refractivity contribution in [2.75, 3.05) is 0 Å². The van der Waals surface area contributed by atoms with Gasteiger partial charge in [-0.15, -0.1) is 0 Å². The molecule has 4 aromatic rings. The maximum Gasteiger partial charge on any atom is 0.224 e. The van der Waals surface area contributed by atoms with Gasteiger partial charge in [0, 0.05) is 17.6 Å². The van der Waals surface area contributed by atoms with Crippen LogP contribution in [0.1, 0.15) is 35.3 Å². The van der Waals surface area contributed by atoms with Gasteiger partial charge in [0.1, 0.15) is 11.6 Å². The standard InChI is InChI=1S/C25H29N5O/c1-15-11-21(13-26-25(31)16(2)14-30-19(5)27-18(4)29-30)24-22(12-15)17(3)23(28-24)20-9-7-6-8-10-20/h6-12,16,28H,13-14H2,1-5H3,(H,26,31). The number of aromatic nitrogens is 4. The lowest BCUT2D eigenvalue weighted by Crippen LogP contribution is -2.31. The number of carbonyl (C=O) groups is 1. The van der Waals surface area contributed by atoms with Crippen LogP contribution >= 0.6 is 0 Å². The molecule has 0 aliphatic rings. The minimum Gasteiger partial charge on any atom is -0.354 e. The number of hydrogen-bond acceptors (Lipinski definition) is 3. The zero-order chi connectivity index (χ0) is 22.1. The summed E-state index contributed by atoms with van der Waals surface area (Å²) in [6.45, 7) is 10.9. The number of carbonyl (C=O) groups excluding carboxylic acids is 1. The molecule has 1 atom stereocenters. The van der Waals surface area contributed by atoms with Gasteiger partial charge in [0.2, 0.25) is 5.91 Å². The van der Waals surface area contributed by atoms with E-state index in [1.165, 1.54) is 16.5 Å². The van der Waals surface area contributed by atoms with Gasteiger partial charge < -0.3 is 10.3 Å². The summed E-state index contributed by atoms with van der Waals surface area (Å²) in [5, 5.41) is 8.68. The van der Waals surface area contributed by atoms with E-state index in [2.05, 4.69) is 58.5 Å². The van der Waals surface area contributed by atoms with Gasteiger partial charge in [-0.25, -0.2) is 9.67 Å². The third-order valence-electron chi connectivity index (χ3n) is 5.77. The highest BCUT2D eigenvalue weighted by molar-refractivity contribution is 5.93. The lowest BCUT2D eigenvalue weighted by atomic mass is 10.0. The Labute approximate surface area is 182 Å². The first-order valence-corrected chi connectivity index (χ1v) is 10.7. The van der Waals surface area contributed by atoms with Crippen LogP contribution in [0.3, 0.4) is 0 Å². The average molecular weight is 416 g/mol. The summed E-state index contributed by atoms with van der Waals surface area (Å²) in [6.07, 6.45) is 0. The molecule has 1 amide bonds. The number of hydrogen-bond donors (Lipinski definition) is 2. The van der Waals surface area contributed by atoms with Gasteiger partial charge in [0.05, 0.1) is 18.0 Å². The number of fused-ring (bicyclic) bond motifs is 1. The molecule has 0 fully saturated rings. The fourth-order valence-corrected chi connectivity index (χ4v) is 4.12. The van der Waals surface area contributed by atoms with E-state index in [-0.39, 0.29) is 11.8 Å². The molecule has 0 spiro atoms. The van der Waals surface area contributed by atoms with Gasteiger partial charge >= 0.3 is 0 Å². The van der Waals surface area contributed by atoms with E-state index in [1.807, 2.05) is 39.0 Å². The normalized spacial score (nSPS) is 12.3. The summed E-state index contributed by atoms with van der Waals surface area (Å²) in [7, 11) is 0. The van der Waals surface area contributed by atoms with Crippen molar-refractivity contribution in [1.82, 2.24) is 25.1 Å². The number of nitrogens with zero attached hydrogens (tertiary/aromatic N) is 3. The predicted octanol–water partition coefficient (Wildman–Crippen LogP) is 4.61. The van der Waals surface area contributed by atoms with Gasteiger partial charge in [-0.05, 0) is 50.5 Å². The molecule has 0 aliphatic carbocycles. The molecule has 4 rings (SSSR count). The van der Waals surface area contributed by atoms with Crippen molar-refractivity contribution in [2.24, 2.45) is 5.92 Å². The Morgan fingerprint density at radius 2 is 1.87 bits per heavy atom. The Balaban J connectivity index is 1.55. The fourth-order valence-electron chi connectivity index (χ4n) is 4.12. The lowest BCUT2D eigenvalue weighted by molar-refractivity contribution is -0.125. The lowest BCUT2D eigenvalue weighted by Gasteiger charge is -2.14.